The van der Waals surface area contributed by atoms with Gasteiger partial charge in [0.05, 0.1) is 5.69 Å². The van der Waals surface area contributed by atoms with E-state index in [1.165, 1.54) is 12.1 Å². The molecule has 0 aliphatic carbocycles. The van der Waals surface area contributed by atoms with E-state index in [0.29, 0.717) is 12.5 Å². The van der Waals surface area contributed by atoms with Crippen LogP contribution in [0.1, 0.15) is 19.3 Å². The van der Waals surface area contributed by atoms with E-state index in [1.54, 1.807) is 12.1 Å². The summed E-state index contributed by atoms with van der Waals surface area (Å²) in [6.07, 6.45) is 2.23. The minimum absolute atomic E-state index is 0.261. The van der Waals surface area contributed by atoms with Crippen LogP contribution in [0.3, 0.4) is 0 Å². The molecule has 8 heteroatoms. The van der Waals surface area contributed by atoms with Crippen molar-refractivity contribution in [2.75, 3.05) is 31.1 Å². The lowest BCUT2D eigenvalue weighted by Gasteiger charge is -2.33. The zero-order chi connectivity index (χ0) is 20.6. The number of hydrogen-bond acceptors (Lipinski definition) is 5. The van der Waals surface area contributed by atoms with Crippen LogP contribution in [0.4, 0.5) is 15.0 Å². The van der Waals surface area contributed by atoms with Gasteiger partial charge >= 0.3 is 6.09 Å². The van der Waals surface area contributed by atoms with Gasteiger partial charge in [0, 0.05) is 25.2 Å². The van der Waals surface area contributed by atoms with E-state index >= 15 is 0 Å². The number of piperidine rings is 1. The van der Waals surface area contributed by atoms with Gasteiger partial charge in [-0.3, -0.25) is 4.79 Å². The Kier molecular flexibility index (Phi) is 6.99. The molecular weight excluding hydrogens is 375 g/mol. The van der Waals surface area contributed by atoms with Gasteiger partial charge in [0.1, 0.15) is 11.6 Å². The molecule has 3 N–H and O–H groups in total. The van der Waals surface area contributed by atoms with E-state index in [2.05, 4.69) is 15.0 Å². The molecule has 0 radical (unpaired) electrons. The van der Waals surface area contributed by atoms with Crippen molar-refractivity contribution < 1.29 is 18.7 Å². The van der Waals surface area contributed by atoms with Crippen LogP contribution in [-0.4, -0.2) is 43.2 Å². The van der Waals surface area contributed by atoms with Gasteiger partial charge in [-0.1, -0.05) is 6.07 Å². The molecule has 154 valence electrons. The Balaban J connectivity index is 1.46. The van der Waals surface area contributed by atoms with Crippen LogP contribution in [0, 0.1) is 11.7 Å². The summed E-state index contributed by atoms with van der Waals surface area (Å²) in [4.78, 5) is 29.0. The largest absolute Gasteiger partial charge is 0.439 e. The standard InChI is InChI=1S/C21H25FN4O3/c22-17-6-4-16(5-7-17)18-2-1-3-20(25-18)26-12-9-15(10-13-26)8-11-24-21(28)29-14-19(23)27/h1-7,15H,8-14H2,(H2,23,27)(H,24,28). The number of pyridine rings is 1. The number of carbonyl (C=O) groups is 2. The first kappa shape index (κ1) is 20.6. The third kappa shape index (κ3) is 6.17. The number of halogens is 1. The Morgan fingerprint density at radius 2 is 1.90 bits per heavy atom. The minimum atomic E-state index is -0.676. The van der Waals surface area contributed by atoms with Crippen molar-refractivity contribution >= 4 is 17.8 Å². The van der Waals surface area contributed by atoms with Crippen LogP contribution in [0.25, 0.3) is 11.3 Å². The molecular formula is C21H25FN4O3. The van der Waals surface area contributed by atoms with E-state index in [1.807, 2.05) is 18.2 Å². The lowest BCUT2D eigenvalue weighted by molar-refractivity contribution is -0.120. The van der Waals surface area contributed by atoms with Crippen LogP contribution in [0.2, 0.25) is 0 Å². The summed E-state index contributed by atoms with van der Waals surface area (Å²) >= 11 is 0. The van der Waals surface area contributed by atoms with Gasteiger partial charge in [-0.2, -0.15) is 0 Å². The number of hydrogen-bond donors (Lipinski definition) is 2. The van der Waals surface area contributed by atoms with Crippen molar-refractivity contribution in [3.05, 3.63) is 48.3 Å². The molecule has 0 spiro atoms. The predicted octanol–water partition coefficient (Wildman–Crippen LogP) is 2.71. The molecule has 0 bridgehead atoms. The fraction of sp³-hybridized carbons (Fsp3) is 0.381. The van der Waals surface area contributed by atoms with E-state index in [9.17, 15) is 14.0 Å². The van der Waals surface area contributed by atoms with Crippen LogP contribution in [0.15, 0.2) is 42.5 Å². The summed E-state index contributed by atoms with van der Waals surface area (Å²) in [5.41, 5.74) is 6.64. The first-order chi connectivity index (χ1) is 14.0. The zero-order valence-corrected chi connectivity index (χ0v) is 16.1. The number of aromatic nitrogens is 1. The molecule has 0 saturated carbocycles. The number of alkyl carbamates (subject to hydrolysis) is 1. The van der Waals surface area contributed by atoms with Gasteiger partial charge < -0.3 is 20.7 Å². The maximum Gasteiger partial charge on any atom is 0.407 e. The maximum atomic E-state index is 13.1. The number of anilines is 1. The molecule has 1 aromatic heterocycles. The van der Waals surface area contributed by atoms with E-state index in [4.69, 9.17) is 10.7 Å². The average molecular weight is 400 g/mol. The number of carbonyl (C=O) groups excluding carboxylic acids is 2. The van der Waals surface area contributed by atoms with E-state index in [-0.39, 0.29) is 5.82 Å². The van der Waals surface area contributed by atoms with Crippen molar-refractivity contribution in [2.45, 2.75) is 19.3 Å². The number of rotatable bonds is 7. The van der Waals surface area contributed by atoms with Gasteiger partial charge in [-0.05, 0) is 61.6 Å². The number of nitrogens with two attached hydrogens (primary N) is 1. The van der Waals surface area contributed by atoms with Crippen molar-refractivity contribution in [3.63, 3.8) is 0 Å². The number of benzene rings is 1. The van der Waals surface area contributed by atoms with Gasteiger partial charge in [-0.25, -0.2) is 14.2 Å². The molecule has 1 aliphatic rings. The molecule has 1 aliphatic heterocycles. The smallest absolute Gasteiger partial charge is 0.407 e. The summed E-state index contributed by atoms with van der Waals surface area (Å²) in [7, 11) is 0. The molecule has 2 aromatic rings. The molecule has 2 amide bonds. The lowest BCUT2D eigenvalue weighted by atomic mass is 9.93. The summed E-state index contributed by atoms with van der Waals surface area (Å²) in [6, 6.07) is 12.2. The first-order valence-corrected chi connectivity index (χ1v) is 9.68. The second kappa shape index (κ2) is 9.86. The number of primary amides is 1. The molecule has 2 heterocycles. The van der Waals surface area contributed by atoms with Gasteiger partial charge in [0.25, 0.3) is 5.91 Å². The Morgan fingerprint density at radius 1 is 1.17 bits per heavy atom. The highest BCUT2D eigenvalue weighted by Gasteiger charge is 2.20. The van der Waals surface area contributed by atoms with Crippen LogP contribution in [0.5, 0.6) is 0 Å². The summed E-state index contributed by atoms with van der Waals surface area (Å²) in [5, 5.41) is 2.64. The van der Waals surface area contributed by atoms with Gasteiger partial charge in [0.15, 0.2) is 6.61 Å². The Morgan fingerprint density at radius 3 is 2.59 bits per heavy atom. The number of ether oxygens (including phenoxy) is 1. The second-order valence-electron chi connectivity index (χ2n) is 7.08. The molecule has 29 heavy (non-hydrogen) atoms. The monoisotopic (exact) mass is 400 g/mol. The topological polar surface area (TPSA) is 97.6 Å². The van der Waals surface area contributed by atoms with Crippen molar-refractivity contribution in [1.29, 1.82) is 0 Å². The van der Waals surface area contributed by atoms with Crippen LogP contribution in [-0.2, 0) is 9.53 Å². The lowest BCUT2D eigenvalue weighted by Crippen LogP contribution is -2.36. The van der Waals surface area contributed by atoms with Crippen molar-refractivity contribution in [1.82, 2.24) is 10.3 Å². The number of nitrogens with zero attached hydrogens (tertiary/aromatic N) is 2. The predicted molar refractivity (Wildman–Crippen MR) is 108 cm³/mol. The summed E-state index contributed by atoms with van der Waals surface area (Å²) in [6.45, 7) is 1.86. The number of amides is 2. The normalized spacial score (nSPS) is 14.4. The third-order valence-corrected chi connectivity index (χ3v) is 4.98. The molecule has 0 unspecified atom stereocenters. The Labute approximate surface area is 169 Å². The van der Waals surface area contributed by atoms with Crippen molar-refractivity contribution in [3.8, 4) is 11.3 Å². The highest BCUT2D eigenvalue weighted by atomic mass is 19.1. The first-order valence-electron chi connectivity index (χ1n) is 9.68. The van der Waals surface area contributed by atoms with Crippen LogP contribution < -0.4 is 16.0 Å². The van der Waals surface area contributed by atoms with E-state index < -0.39 is 18.6 Å². The SMILES string of the molecule is NC(=O)COC(=O)NCCC1CCN(c2cccc(-c3ccc(F)cc3)n2)CC1. The summed E-state index contributed by atoms with van der Waals surface area (Å²) < 4.78 is 17.8. The highest BCUT2D eigenvalue weighted by Crippen LogP contribution is 2.26. The van der Waals surface area contributed by atoms with Crippen molar-refractivity contribution in [2.24, 2.45) is 11.7 Å². The minimum Gasteiger partial charge on any atom is -0.439 e. The average Bonchev–Trinajstić information content (AvgIpc) is 2.73. The molecule has 1 aromatic carbocycles. The fourth-order valence-corrected chi connectivity index (χ4v) is 3.40. The van der Waals surface area contributed by atoms with Crippen LogP contribution >= 0.6 is 0 Å². The quantitative estimate of drug-likeness (QED) is 0.745. The maximum absolute atomic E-state index is 13.1. The molecule has 7 nitrogen and oxygen atoms in total. The molecule has 3 rings (SSSR count). The molecule has 0 atom stereocenters. The second-order valence-corrected chi connectivity index (χ2v) is 7.08. The Bertz CT molecular complexity index is 836. The Hall–Kier alpha value is -3.16. The number of nitrogens with one attached hydrogen (secondary N) is 1. The van der Waals surface area contributed by atoms with Gasteiger partial charge in [-0.15, -0.1) is 0 Å². The highest BCUT2D eigenvalue weighted by molar-refractivity contribution is 5.78. The van der Waals surface area contributed by atoms with E-state index in [0.717, 1.165) is 49.4 Å². The fourth-order valence-electron chi connectivity index (χ4n) is 3.40. The third-order valence-electron chi connectivity index (χ3n) is 4.98. The zero-order valence-electron chi connectivity index (χ0n) is 16.1. The molecule has 1 fully saturated rings. The molecule has 1 saturated heterocycles. The van der Waals surface area contributed by atoms with Gasteiger partial charge in [0.2, 0.25) is 0 Å². The summed E-state index contributed by atoms with van der Waals surface area (Å²) in [5.74, 6) is 0.480.